The fraction of sp³-hybridized carbons (Fsp3) is 0.259. The van der Waals surface area contributed by atoms with Gasteiger partial charge in [0.05, 0.1) is 6.04 Å². The van der Waals surface area contributed by atoms with Gasteiger partial charge in [-0.2, -0.15) is 0 Å². The normalized spacial score (nSPS) is 14.9. The summed E-state index contributed by atoms with van der Waals surface area (Å²) in [5, 5.41) is 2.10. The summed E-state index contributed by atoms with van der Waals surface area (Å²) in [6.07, 6.45) is 2.47. The summed E-state index contributed by atoms with van der Waals surface area (Å²) in [5.74, 6) is 0.305. The Kier molecular flexibility index (Phi) is 7.25. The number of nitrogens with zero attached hydrogens (tertiary/aromatic N) is 2. The van der Waals surface area contributed by atoms with Gasteiger partial charge in [-0.15, -0.1) is 17.9 Å². The van der Waals surface area contributed by atoms with Crippen molar-refractivity contribution >= 4 is 23.2 Å². The van der Waals surface area contributed by atoms with Crippen LogP contribution >= 0.6 is 11.3 Å². The molecule has 1 aromatic heterocycles. The second kappa shape index (κ2) is 10.5. The van der Waals surface area contributed by atoms with Gasteiger partial charge in [-0.3, -0.25) is 9.59 Å². The topological polar surface area (TPSA) is 49.9 Å². The van der Waals surface area contributed by atoms with Gasteiger partial charge in [-0.1, -0.05) is 48.5 Å². The van der Waals surface area contributed by atoms with E-state index < -0.39 is 0 Å². The summed E-state index contributed by atoms with van der Waals surface area (Å²) >= 11 is 1.74. The first-order valence-electron chi connectivity index (χ1n) is 11.1. The van der Waals surface area contributed by atoms with Crippen molar-refractivity contribution in [3.8, 4) is 5.75 Å². The summed E-state index contributed by atoms with van der Waals surface area (Å²) in [6.45, 7) is 6.62. The highest BCUT2D eigenvalue weighted by Crippen LogP contribution is 2.39. The Bertz CT molecular complexity index is 1130. The molecule has 0 N–H and O–H groups in total. The molecule has 2 aromatic carbocycles. The lowest BCUT2D eigenvalue weighted by molar-refractivity contribution is -0.142. The minimum Gasteiger partial charge on any atom is -0.484 e. The number of carbonyl (C=O) groups is 2. The van der Waals surface area contributed by atoms with Crippen LogP contribution in [0.2, 0.25) is 0 Å². The standard InChI is InChI=1S/C27H28N2O3S/c1-3-15-28(26(31)19-32-21-10-5-4-6-11-21)18-25(30)29-16-13-24-23(14-17-33-24)27(29)22-12-8-7-9-20(22)2/h3-12,14,17,27H,1,13,15-16,18-19H2,2H3. The molecule has 4 rings (SSSR count). The molecule has 1 aliphatic heterocycles. The van der Waals surface area contributed by atoms with E-state index in [0.29, 0.717) is 12.3 Å². The van der Waals surface area contributed by atoms with Crippen LogP contribution in [0.3, 0.4) is 0 Å². The van der Waals surface area contributed by atoms with Crippen LogP contribution in [-0.4, -0.2) is 47.9 Å². The number of amides is 2. The van der Waals surface area contributed by atoms with E-state index >= 15 is 0 Å². The Morgan fingerprint density at radius 2 is 1.88 bits per heavy atom. The SMILES string of the molecule is C=CCN(CC(=O)N1CCc2sccc2C1c1ccccc1C)C(=O)COc1ccccc1. The van der Waals surface area contributed by atoms with E-state index in [4.69, 9.17) is 4.74 Å². The van der Waals surface area contributed by atoms with Crippen molar-refractivity contribution in [2.45, 2.75) is 19.4 Å². The third-order valence-electron chi connectivity index (χ3n) is 5.90. The molecule has 0 saturated carbocycles. The summed E-state index contributed by atoms with van der Waals surface area (Å²) in [4.78, 5) is 31.2. The largest absolute Gasteiger partial charge is 0.484 e. The Balaban J connectivity index is 1.52. The van der Waals surface area contributed by atoms with E-state index in [1.807, 2.05) is 35.2 Å². The lowest BCUT2D eigenvalue weighted by Crippen LogP contribution is -2.47. The number of hydrogen-bond donors (Lipinski definition) is 0. The summed E-state index contributed by atoms with van der Waals surface area (Å²) in [7, 11) is 0. The molecule has 1 unspecified atom stereocenters. The fourth-order valence-electron chi connectivity index (χ4n) is 4.23. The maximum Gasteiger partial charge on any atom is 0.261 e. The predicted molar refractivity (Wildman–Crippen MR) is 131 cm³/mol. The zero-order valence-corrected chi connectivity index (χ0v) is 19.6. The van der Waals surface area contributed by atoms with E-state index in [1.54, 1.807) is 29.5 Å². The molecule has 2 heterocycles. The van der Waals surface area contributed by atoms with E-state index in [2.05, 4.69) is 37.1 Å². The van der Waals surface area contributed by atoms with Crippen LogP contribution in [0.25, 0.3) is 0 Å². The lowest BCUT2D eigenvalue weighted by atomic mass is 9.90. The number of thiophene rings is 1. The van der Waals surface area contributed by atoms with Crippen LogP contribution in [-0.2, 0) is 16.0 Å². The Morgan fingerprint density at radius 3 is 2.64 bits per heavy atom. The average molecular weight is 461 g/mol. The number of ether oxygens (including phenoxy) is 1. The van der Waals surface area contributed by atoms with Gasteiger partial charge in [0.25, 0.3) is 5.91 Å². The molecule has 170 valence electrons. The molecular weight excluding hydrogens is 432 g/mol. The predicted octanol–water partition coefficient (Wildman–Crippen LogP) is 4.62. The van der Waals surface area contributed by atoms with Crippen LogP contribution in [0, 0.1) is 6.92 Å². The number of para-hydroxylation sites is 1. The quantitative estimate of drug-likeness (QED) is 0.461. The monoisotopic (exact) mass is 460 g/mol. The molecule has 0 bridgehead atoms. The van der Waals surface area contributed by atoms with Crippen molar-refractivity contribution in [3.05, 3.63) is 100 Å². The van der Waals surface area contributed by atoms with Gasteiger partial charge in [0.15, 0.2) is 6.61 Å². The first-order chi connectivity index (χ1) is 16.1. The third-order valence-corrected chi connectivity index (χ3v) is 6.90. The molecule has 2 amide bonds. The molecular formula is C27H28N2O3S. The van der Waals surface area contributed by atoms with Crippen LogP contribution in [0.5, 0.6) is 5.75 Å². The number of benzene rings is 2. The van der Waals surface area contributed by atoms with E-state index in [9.17, 15) is 9.59 Å². The zero-order chi connectivity index (χ0) is 23.2. The van der Waals surface area contributed by atoms with Gasteiger partial charge < -0.3 is 14.5 Å². The Hall–Kier alpha value is -3.38. The van der Waals surface area contributed by atoms with Gasteiger partial charge in [0.2, 0.25) is 5.91 Å². The number of fused-ring (bicyclic) bond motifs is 1. The van der Waals surface area contributed by atoms with Gasteiger partial charge in [0.1, 0.15) is 12.3 Å². The van der Waals surface area contributed by atoms with Crippen LogP contribution in [0.4, 0.5) is 0 Å². The Morgan fingerprint density at radius 1 is 1.12 bits per heavy atom. The minimum absolute atomic E-state index is 0.00907. The first kappa shape index (κ1) is 22.8. The van der Waals surface area contributed by atoms with Crippen molar-refractivity contribution in [1.82, 2.24) is 9.80 Å². The molecule has 1 atom stereocenters. The van der Waals surface area contributed by atoms with Crippen molar-refractivity contribution in [1.29, 1.82) is 0 Å². The Labute approximate surface area is 198 Å². The molecule has 33 heavy (non-hydrogen) atoms. The van der Waals surface area contributed by atoms with Crippen molar-refractivity contribution in [2.75, 3.05) is 26.2 Å². The molecule has 0 spiro atoms. The molecule has 0 saturated heterocycles. The molecule has 1 aliphatic rings. The lowest BCUT2D eigenvalue weighted by Gasteiger charge is -2.38. The number of carbonyl (C=O) groups excluding carboxylic acids is 2. The third kappa shape index (κ3) is 5.17. The number of rotatable bonds is 8. The maximum atomic E-state index is 13.5. The van der Waals surface area contributed by atoms with Gasteiger partial charge in [0, 0.05) is 18.0 Å². The molecule has 0 fully saturated rings. The number of hydrogen-bond acceptors (Lipinski definition) is 4. The van der Waals surface area contributed by atoms with E-state index in [1.165, 1.54) is 15.3 Å². The van der Waals surface area contributed by atoms with E-state index in [0.717, 1.165) is 17.5 Å². The van der Waals surface area contributed by atoms with Crippen LogP contribution in [0.15, 0.2) is 78.7 Å². The van der Waals surface area contributed by atoms with Crippen molar-refractivity contribution in [3.63, 3.8) is 0 Å². The second-order valence-electron chi connectivity index (χ2n) is 8.06. The van der Waals surface area contributed by atoms with Crippen LogP contribution in [0.1, 0.15) is 27.6 Å². The molecule has 6 heteroatoms. The first-order valence-corrected chi connectivity index (χ1v) is 11.9. The summed E-state index contributed by atoms with van der Waals surface area (Å²) in [6, 6.07) is 19.4. The second-order valence-corrected chi connectivity index (χ2v) is 9.06. The van der Waals surface area contributed by atoms with Gasteiger partial charge in [-0.05, 0) is 53.6 Å². The smallest absolute Gasteiger partial charge is 0.261 e. The van der Waals surface area contributed by atoms with Crippen molar-refractivity contribution in [2.24, 2.45) is 0 Å². The molecule has 3 aromatic rings. The summed E-state index contributed by atoms with van der Waals surface area (Å²) in [5.41, 5.74) is 3.46. The molecule has 0 aliphatic carbocycles. The van der Waals surface area contributed by atoms with Gasteiger partial charge in [-0.25, -0.2) is 0 Å². The van der Waals surface area contributed by atoms with Crippen LogP contribution < -0.4 is 4.74 Å². The highest BCUT2D eigenvalue weighted by atomic mass is 32.1. The fourth-order valence-corrected chi connectivity index (χ4v) is 5.14. The average Bonchev–Trinajstić information content (AvgIpc) is 3.32. The highest BCUT2D eigenvalue weighted by Gasteiger charge is 2.34. The van der Waals surface area contributed by atoms with Gasteiger partial charge >= 0.3 is 0 Å². The maximum absolute atomic E-state index is 13.5. The van der Waals surface area contributed by atoms with E-state index in [-0.39, 0.29) is 37.6 Å². The molecule has 0 radical (unpaired) electrons. The molecule has 5 nitrogen and oxygen atoms in total. The minimum atomic E-state index is -0.243. The highest BCUT2D eigenvalue weighted by molar-refractivity contribution is 7.10. The number of aryl methyl sites for hydroxylation is 1. The zero-order valence-electron chi connectivity index (χ0n) is 18.8. The summed E-state index contributed by atoms with van der Waals surface area (Å²) < 4.78 is 5.62. The van der Waals surface area contributed by atoms with Crippen molar-refractivity contribution < 1.29 is 14.3 Å².